The van der Waals surface area contributed by atoms with Gasteiger partial charge < -0.3 is 10.1 Å². The number of ether oxygens (including phenoxy) is 1. The van der Waals surface area contributed by atoms with Crippen LogP contribution in [0, 0.1) is 0 Å². The molecular weight excluding hydrogens is 318 g/mol. The predicted octanol–water partition coefficient (Wildman–Crippen LogP) is 2.05. The first-order valence-electron chi connectivity index (χ1n) is 8.02. The number of rotatable bonds is 7. The molecule has 0 spiro atoms. The Morgan fingerprint density at radius 1 is 1.20 bits per heavy atom. The lowest BCUT2D eigenvalue weighted by atomic mass is 10.1. The second-order valence-electron chi connectivity index (χ2n) is 5.38. The summed E-state index contributed by atoms with van der Waals surface area (Å²) in [7, 11) is 0. The molecule has 0 unspecified atom stereocenters. The van der Waals surface area contributed by atoms with E-state index in [9.17, 15) is 4.79 Å². The summed E-state index contributed by atoms with van der Waals surface area (Å²) < 4.78 is 7.15. The molecule has 0 aliphatic heterocycles. The fourth-order valence-electron chi connectivity index (χ4n) is 2.36. The molecule has 1 N–H and O–H groups in total. The Bertz CT molecular complexity index is 816. The zero-order valence-electron chi connectivity index (χ0n) is 13.9. The minimum absolute atomic E-state index is 0.205. The van der Waals surface area contributed by atoms with Crippen molar-refractivity contribution in [2.24, 2.45) is 0 Å². The van der Waals surface area contributed by atoms with E-state index in [4.69, 9.17) is 4.74 Å². The Labute approximate surface area is 145 Å². The van der Waals surface area contributed by atoms with Gasteiger partial charge in [0.15, 0.2) is 0 Å². The fourth-order valence-corrected chi connectivity index (χ4v) is 2.36. The van der Waals surface area contributed by atoms with Crippen LogP contribution in [0.4, 0.5) is 0 Å². The van der Waals surface area contributed by atoms with E-state index in [1.54, 1.807) is 29.3 Å². The summed E-state index contributed by atoms with van der Waals surface area (Å²) in [5.41, 5.74) is 2.57. The maximum atomic E-state index is 12.3. The van der Waals surface area contributed by atoms with E-state index in [-0.39, 0.29) is 5.91 Å². The first-order valence-corrected chi connectivity index (χ1v) is 8.02. The highest BCUT2D eigenvalue weighted by molar-refractivity contribution is 5.96. The third kappa shape index (κ3) is 4.41. The van der Waals surface area contributed by atoms with Gasteiger partial charge >= 0.3 is 0 Å². The Morgan fingerprint density at radius 2 is 2.00 bits per heavy atom. The molecule has 1 amide bonds. The number of pyridine rings is 1. The summed E-state index contributed by atoms with van der Waals surface area (Å²) in [5.74, 6) is 0.147. The maximum Gasteiger partial charge on any atom is 0.257 e. The first kappa shape index (κ1) is 16.6. The summed E-state index contributed by atoms with van der Waals surface area (Å²) in [6, 6.07) is 11.4. The average molecular weight is 337 g/mol. The van der Waals surface area contributed by atoms with E-state index in [1.165, 1.54) is 6.33 Å². The number of hydrogen-bond acceptors (Lipinski definition) is 5. The summed E-state index contributed by atoms with van der Waals surface area (Å²) in [6.07, 6.45) is 4.80. The third-order valence-corrected chi connectivity index (χ3v) is 3.58. The fraction of sp³-hybridized carbons (Fsp3) is 0.222. The highest BCUT2D eigenvalue weighted by Crippen LogP contribution is 2.14. The molecule has 128 valence electrons. The molecule has 0 fully saturated rings. The molecule has 7 nitrogen and oxygen atoms in total. The lowest BCUT2D eigenvalue weighted by Crippen LogP contribution is -2.23. The Kier molecular flexibility index (Phi) is 5.36. The van der Waals surface area contributed by atoms with Crippen LogP contribution >= 0.6 is 0 Å². The standard InChI is InChI=1S/C18H19N5O2/c1-2-25-18-16(4-3-9-20-18)17(24)21-10-14-5-7-15(8-6-14)11-23-13-19-12-22-23/h3-9,12-13H,2,10-11H2,1H3,(H,21,24). The SMILES string of the molecule is CCOc1ncccc1C(=O)NCc1ccc(Cn2cncn2)cc1. The Hall–Kier alpha value is -3.22. The van der Waals surface area contributed by atoms with Crippen LogP contribution < -0.4 is 10.1 Å². The average Bonchev–Trinajstić information content (AvgIpc) is 3.15. The van der Waals surface area contributed by atoms with Crippen LogP contribution in [-0.2, 0) is 13.1 Å². The van der Waals surface area contributed by atoms with Gasteiger partial charge in [-0.2, -0.15) is 5.10 Å². The van der Waals surface area contributed by atoms with Crippen LogP contribution in [0.1, 0.15) is 28.4 Å². The van der Waals surface area contributed by atoms with Crippen molar-refractivity contribution in [2.45, 2.75) is 20.0 Å². The van der Waals surface area contributed by atoms with E-state index >= 15 is 0 Å². The van der Waals surface area contributed by atoms with Gasteiger partial charge in [-0.05, 0) is 30.2 Å². The van der Waals surface area contributed by atoms with Crippen LogP contribution in [0.25, 0.3) is 0 Å². The number of carbonyl (C=O) groups excluding carboxylic acids is 1. The lowest BCUT2D eigenvalue weighted by molar-refractivity contribution is 0.0946. The monoisotopic (exact) mass is 337 g/mol. The molecule has 7 heteroatoms. The molecule has 3 aromatic rings. The molecule has 0 radical (unpaired) electrons. The molecule has 1 aromatic carbocycles. The van der Waals surface area contributed by atoms with Gasteiger partial charge in [-0.25, -0.2) is 14.6 Å². The summed E-state index contributed by atoms with van der Waals surface area (Å²) >= 11 is 0. The van der Waals surface area contributed by atoms with Crippen molar-refractivity contribution in [3.8, 4) is 5.88 Å². The minimum atomic E-state index is -0.205. The second kappa shape index (κ2) is 8.05. The van der Waals surface area contributed by atoms with E-state index in [2.05, 4.69) is 20.4 Å². The van der Waals surface area contributed by atoms with Crippen molar-refractivity contribution in [1.29, 1.82) is 0 Å². The topological polar surface area (TPSA) is 81.9 Å². The molecule has 0 aliphatic rings. The molecular formula is C18H19N5O2. The molecule has 2 aromatic heterocycles. The number of nitrogens with zero attached hydrogens (tertiary/aromatic N) is 4. The van der Waals surface area contributed by atoms with Crippen LogP contribution in [0.15, 0.2) is 55.2 Å². The molecule has 0 atom stereocenters. The Morgan fingerprint density at radius 3 is 2.72 bits per heavy atom. The summed E-state index contributed by atoms with van der Waals surface area (Å²) in [5, 5.41) is 6.97. The number of hydrogen-bond donors (Lipinski definition) is 1. The molecule has 25 heavy (non-hydrogen) atoms. The molecule has 3 rings (SSSR count). The van der Waals surface area contributed by atoms with Gasteiger partial charge in [0, 0.05) is 12.7 Å². The molecule has 0 bridgehead atoms. The van der Waals surface area contributed by atoms with Crippen molar-refractivity contribution < 1.29 is 9.53 Å². The van der Waals surface area contributed by atoms with E-state index in [1.807, 2.05) is 31.2 Å². The van der Waals surface area contributed by atoms with Crippen molar-refractivity contribution >= 4 is 5.91 Å². The van der Waals surface area contributed by atoms with Gasteiger partial charge in [0.1, 0.15) is 18.2 Å². The minimum Gasteiger partial charge on any atom is -0.477 e. The lowest BCUT2D eigenvalue weighted by Gasteiger charge is -2.10. The molecule has 0 saturated heterocycles. The van der Waals surface area contributed by atoms with Gasteiger partial charge in [-0.3, -0.25) is 4.79 Å². The summed E-state index contributed by atoms with van der Waals surface area (Å²) in [4.78, 5) is 20.4. The number of benzene rings is 1. The number of nitrogens with one attached hydrogen (secondary N) is 1. The largest absolute Gasteiger partial charge is 0.477 e. The quantitative estimate of drug-likeness (QED) is 0.713. The van der Waals surface area contributed by atoms with Gasteiger partial charge in [0.25, 0.3) is 5.91 Å². The Balaban J connectivity index is 1.59. The van der Waals surface area contributed by atoms with Crippen LogP contribution in [0.2, 0.25) is 0 Å². The number of aromatic nitrogens is 4. The van der Waals surface area contributed by atoms with Crippen molar-refractivity contribution in [3.05, 3.63) is 71.9 Å². The smallest absolute Gasteiger partial charge is 0.257 e. The predicted molar refractivity (Wildman–Crippen MR) is 92.1 cm³/mol. The van der Waals surface area contributed by atoms with Crippen molar-refractivity contribution in [1.82, 2.24) is 25.1 Å². The number of carbonyl (C=O) groups is 1. The normalized spacial score (nSPS) is 10.4. The molecule has 0 aliphatic carbocycles. The van der Waals surface area contributed by atoms with E-state index in [0.29, 0.717) is 31.1 Å². The van der Waals surface area contributed by atoms with E-state index < -0.39 is 0 Å². The summed E-state index contributed by atoms with van der Waals surface area (Å²) in [6.45, 7) is 3.42. The molecule has 2 heterocycles. The van der Waals surface area contributed by atoms with Crippen molar-refractivity contribution in [2.75, 3.05) is 6.61 Å². The maximum absolute atomic E-state index is 12.3. The van der Waals surface area contributed by atoms with Gasteiger partial charge in [0.05, 0.1) is 13.2 Å². The van der Waals surface area contributed by atoms with Crippen molar-refractivity contribution in [3.63, 3.8) is 0 Å². The highest BCUT2D eigenvalue weighted by atomic mass is 16.5. The zero-order valence-corrected chi connectivity index (χ0v) is 13.9. The highest BCUT2D eigenvalue weighted by Gasteiger charge is 2.12. The van der Waals surface area contributed by atoms with Gasteiger partial charge in [0.2, 0.25) is 5.88 Å². The zero-order chi connectivity index (χ0) is 17.5. The first-order chi connectivity index (χ1) is 12.3. The van der Waals surface area contributed by atoms with E-state index in [0.717, 1.165) is 11.1 Å². The van der Waals surface area contributed by atoms with Crippen LogP contribution in [-0.4, -0.2) is 32.3 Å². The number of amides is 1. The second-order valence-corrected chi connectivity index (χ2v) is 5.38. The van der Waals surface area contributed by atoms with Gasteiger partial charge in [-0.15, -0.1) is 0 Å². The van der Waals surface area contributed by atoms with Crippen LogP contribution in [0.5, 0.6) is 5.88 Å². The third-order valence-electron chi connectivity index (χ3n) is 3.58. The van der Waals surface area contributed by atoms with Gasteiger partial charge in [-0.1, -0.05) is 24.3 Å². The molecule has 0 saturated carbocycles. The van der Waals surface area contributed by atoms with Crippen LogP contribution in [0.3, 0.4) is 0 Å².